The molecule has 0 radical (unpaired) electrons. The molecule has 23 heavy (non-hydrogen) atoms. The summed E-state index contributed by atoms with van der Waals surface area (Å²) in [7, 11) is -3.39. The van der Waals surface area contributed by atoms with E-state index in [-0.39, 0.29) is 18.6 Å². The van der Waals surface area contributed by atoms with Gasteiger partial charge in [-0.15, -0.1) is 12.4 Å². The number of nitrogens with one attached hydrogen (secondary N) is 2. The number of fused-ring (bicyclic) bond motifs is 1. The second-order valence-electron chi connectivity index (χ2n) is 5.69. The van der Waals surface area contributed by atoms with Crippen molar-refractivity contribution in [1.82, 2.24) is 10.6 Å². The van der Waals surface area contributed by atoms with E-state index in [1.807, 2.05) is 0 Å². The van der Waals surface area contributed by atoms with Crippen LogP contribution < -0.4 is 10.6 Å². The number of carbonyl (C=O) groups excluding carboxylic acids is 3. The third-order valence-corrected chi connectivity index (χ3v) is 6.66. The van der Waals surface area contributed by atoms with E-state index in [1.165, 1.54) is 0 Å². The summed E-state index contributed by atoms with van der Waals surface area (Å²) in [6, 6.07) is -0.406. The number of hydrogen-bond acceptors (Lipinski definition) is 7. The van der Waals surface area contributed by atoms with E-state index in [1.54, 1.807) is 0 Å². The van der Waals surface area contributed by atoms with E-state index in [2.05, 4.69) is 10.6 Å². The predicted molar refractivity (Wildman–Crippen MR) is 77.5 cm³/mol. The molecule has 0 aromatic carbocycles. The molecule has 2 saturated heterocycles. The van der Waals surface area contributed by atoms with Gasteiger partial charge in [0.15, 0.2) is 15.4 Å². The van der Waals surface area contributed by atoms with Crippen molar-refractivity contribution in [3.05, 3.63) is 0 Å². The van der Waals surface area contributed by atoms with Crippen LogP contribution in [-0.4, -0.2) is 60.7 Å². The van der Waals surface area contributed by atoms with Gasteiger partial charge in [-0.3, -0.25) is 4.79 Å². The van der Waals surface area contributed by atoms with E-state index in [4.69, 9.17) is 9.59 Å². The third-order valence-electron chi connectivity index (χ3n) is 4.36. The Morgan fingerprint density at radius 2 is 1.91 bits per heavy atom. The minimum Gasteiger partial charge on any atom is -0.479 e. The van der Waals surface area contributed by atoms with Crippen LogP contribution >= 0.6 is 12.4 Å². The van der Waals surface area contributed by atoms with Gasteiger partial charge in [0.05, 0.1) is 17.0 Å². The molecule has 0 bridgehead atoms. The normalized spacial score (nSPS) is 35.6. The van der Waals surface area contributed by atoms with Gasteiger partial charge in [-0.05, 0) is 25.8 Å². The van der Waals surface area contributed by atoms with Crippen LogP contribution in [0, 0.1) is 5.92 Å². The molecule has 3 fully saturated rings. The van der Waals surface area contributed by atoms with Crippen LogP contribution in [0.1, 0.15) is 19.3 Å². The molecule has 4 atom stereocenters. The van der Waals surface area contributed by atoms with Crippen LogP contribution in [0.15, 0.2) is 0 Å². The van der Waals surface area contributed by atoms with Gasteiger partial charge in [-0.25, -0.2) is 13.2 Å². The van der Waals surface area contributed by atoms with Crippen molar-refractivity contribution in [2.45, 2.75) is 36.1 Å². The fraction of sp³-hybridized carbons (Fsp3) is 0.750. The van der Waals surface area contributed by atoms with Crippen molar-refractivity contribution >= 4 is 40.3 Å². The standard InChI is InChI=1S/C11H16N2O5S.CO2.ClH/c14-9(7-2-1-3-12-7)13-11(10(15)16)5-19(17,18)8-4-6(8)11;2-1-3;/h6-8,12H,1-5H2,(H,13,14)(H,15,16);;1H/t6-,7+,8+,11+;;/m1../s1. The zero-order valence-electron chi connectivity index (χ0n) is 12.0. The minimum absolute atomic E-state index is 0. The summed E-state index contributed by atoms with van der Waals surface area (Å²) in [5.74, 6) is -2.60. The van der Waals surface area contributed by atoms with Crippen LogP contribution in [0.25, 0.3) is 0 Å². The number of hydrogen-bond donors (Lipinski definition) is 3. The maximum absolute atomic E-state index is 12.1. The topological polar surface area (TPSA) is 147 Å². The molecule has 0 aromatic heterocycles. The molecule has 130 valence electrons. The van der Waals surface area contributed by atoms with Gasteiger partial charge in [0, 0.05) is 5.92 Å². The number of carboxylic acids is 1. The number of rotatable bonds is 3. The van der Waals surface area contributed by atoms with Crippen LogP contribution in [0.4, 0.5) is 0 Å². The van der Waals surface area contributed by atoms with Gasteiger partial charge in [0.2, 0.25) is 5.91 Å². The molecule has 2 heterocycles. The average Bonchev–Trinajstić information content (AvgIpc) is 2.99. The van der Waals surface area contributed by atoms with Crippen LogP contribution in [-0.2, 0) is 29.0 Å². The van der Waals surface area contributed by atoms with Gasteiger partial charge >= 0.3 is 12.1 Å². The molecular weight excluding hydrogens is 352 g/mol. The molecule has 11 heteroatoms. The van der Waals surface area contributed by atoms with Crippen LogP contribution in [0.3, 0.4) is 0 Å². The Morgan fingerprint density at radius 3 is 2.26 bits per heavy atom. The van der Waals surface area contributed by atoms with E-state index in [0.717, 1.165) is 13.0 Å². The molecule has 0 spiro atoms. The van der Waals surface area contributed by atoms with Gasteiger partial charge in [-0.1, -0.05) is 0 Å². The second-order valence-corrected chi connectivity index (χ2v) is 7.91. The minimum atomic E-state index is -3.39. The van der Waals surface area contributed by atoms with Crippen molar-refractivity contribution in [3.8, 4) is 0 Å². The van der Waals surface area contributed by atoms with E-state index in [9.17, 15) is 23.1 Å². The van der Waals surface area contributed by atoms with E-state index < -0.39 is 50.2 Å². The maximum Gasteiger partial charge on any atom is 0.373 e. The Morgan fingerprint density at radius 1 is 1.30 bits per heavy atom. The quantitative estimate of drug-likeness (QED) is 0.536. The molecule has 1 amide bonds. The van der Waals surface area contributed by atoms with Gasteiger partial charge < -0.3 is 15.7 Å². The first kappa shape index (κ1) is 19.6. The summed E-state index contributed by atoms with van der Waals surface area (Å²) in [5, 5.41) is 14.3. The molecule has 3 N–H and O–H groups in total. The Hall–Kier alpha value is -1.48. The Labute approximate surface area is 138 Å². The summed E-state index contributed by atoms with van der Waals surface area (Å²) < 4.78 is 23.6. The lowest BCUT2D eigenvalue weighted by Crippen LogP contribution is -2.61. The number of carbonyl (C=O) groups is 2. The van der Waals surface area contributed by atoms with Crippen molar-refractivity contribution in [2.75, 3.05) is 12.3 Å². The SMILES string of the molecule is Cl.O=C(N[C@@]1(C(=O)O)CS(=O)(=O)[C@H]2C[C@H]21)[C@@H]1CCCN1.O=C=O. The summed E-state index contributed by atoms with van der Waals surface area (Å²) in [6.07, 6.45) is 2.11. The summed E-state index contributed by atoms with van der Waals surface area (Å²) in [5.41, 5.74) is -1.62. The highest BCUT2D eigenvalue weighted by atomic mass is 35.5. The fourth-order valence-electron chi connectivity index (χ4n) is 3.24. The number of halogens is 1. The van der Waals surface area contributed by atoms with Crippen LogP contribution in [0.2, 0.25) is 0 Å². The maximum atomic E-state index is 12.1. The Kier molecular flexibility index (Phi) is 5.92. The highest BCUT2D eigenvalue weighted by molar-refractivity contribution is 7.92. The lowest BCUT2D eigenvalue weighted by molar-refractivity contribution is -0.191. The zero-order valence-corrected chi connectivity index (χ0v) is 13.6. The lowest BCUT2D eigenvalue weighted by atomic mass is 9.95. The van der Waals surface area contributed by atoms with E-state index >= 15 is 0 Å². The molecule has 0 aromatic rings. The number of amides is 1. The van der Waals surface area contributed by atoms with Crippen molar-refractivity contribution in [1.29, 1.82) is 0 Å². The highest BCUT2D eigenvalue weighted by Crippen LogP contribution is 2.52. The van der Waals surface area contributed by atoms with E-state index in [0.29, 0.717) is 12.8 Å². The van der Waals surface area contributed by atoms with Gasteiger partial charge in [0.25, 0.3) is 0 Å². The number of aliphatic carboxylic acids is 1. The second kappa shape index (κ2) is 6.96. The molecule has 9 nitrogen and oxygen atoms in total. The van der Waals surface area contributed by atoms with Gasteiger partial charge in [-0.2, -0.15) is 9.59 Å². The molecular formula is C12H17ClN2O7S. The molecule has 0 unspecified atom stereocenters. The van der Waals surface area contributed by atoms with Crippen molar-refractivity contribution in [2.24, 2.45) is 5.92 Å². The monoisotopic (exact) mass is 368 g/mol. The lowest BCUT2D eigenvalue weighted by Gasteiger charge is -2.28. The molecule has 3 rings (SSSR count). The fourth-order valence-corrected chi connectivity index (χ4v) is 5.73. The third kappa shape index (κ3) is 3.55. The molecule has 3 aliphatic rings. The largest absolute Gasteiger partial charge is 0.479 e. The van der Waals surface area contributed by atoms with Crippen molar-refractivity contribution < 1.29 is 32.7 Å². The van der Waals surface area contributed by atoms with Crippen LogP contribution in [0.5, 0.6) is 0 Å². The average molecular weight is 369 g/mol. The Balaban J connectivity index is 0.000000615. The molecule has 1 aliphatic carbocycles. The first-order valence-corrected chi connectivity index (χ1v) is 8.49. The molecule has 2 aliphatic heterocycles. The smallest absolute Gasteiger partial charge is 0.373 e. The highest BCUT2D eigenvalue weighted by Gasteiger charge is 2.70. The first-order chi connectivity index (χ1) is 10.3. The number of sulfone groups is 1. The molecule has 1 saturated carbocycles. The zero-order chi connectivity index (χ0) is 16.5. The Bertz CT molecular complexity index is 625. The van der Waals surface area contributed by atoms with Crippen molar-refractivity contribution in [3.63, 3.8) is 0 Å². The summed E-state index contributed by atoms with van der Waals surface area (Å²) in [4.78, 5) is 39.8. The van der Waals surface area contributed by atoms with Gasteiger partial charge in [0.1, 0.15) is 0 Å². The number of carboxylic acid groups (broad SMARTS) is 1. The predicted octanol–water partition coefficient (Wildman–Crippen LogP) is -1.67. The summed E-state index contributed by atoms with van der Waals surface area (Å²) in [6.45, 7) is 0.725. The summed E-state index contributed by atoms with van der Waals surface area (Å²) >= 11 is 0. The first-order valence-electron chi connectivity index (χ1n) is 6.78.